The summed E-state index contributed by atoms with van der Waals surface area (Å²) in [5.74, 6) is -0.924. The van der Waals surface area contributed by atoms with Gasteiger partial charge in [-0.15, -0.1) is 11.3 Å². The van der Waals surface area contributed by atoms with Crippen molar-refractivity contribution < 1.29 is 14.7 Å². The van der Waals surface area contributed by atoms with Crippen molar-refractivity contribution in [1.82, 2.24) is 5.32 Å². The molecule has 1 aromatic carbocycles. The molecule has 0 saturated heterocycles. The first-order valence-electron chi connectivity index (χ1n) is 7.01. The van der Waals surface area contributed by atoms with E-state index in [1.54, 1.807) is 11.3 Å². The van der Waals surface area contributed by atoms with Crippen LogP contribution in [0.3, 0.4) is 0 Å². The van der Waals surface area contributed by atoms with Gasteiger partial charge in [0.25, 0.3) is 0 Å². The van der Waals surface area contributed by atoms with Crippen LogP contribution in [0, 0.1) is 0 Å². The normalized spacial score (nSPS) is 11.7. The van der Waals surface area contributed by atoms with Gasteiger partial charge in [0.1, 0.15) is 0 Å². The molecule has 1 heterocycles. The number of carbonyl (C=O) groups excluding carboxylic acids is 1. The van der Waals surface area contributed by atoms with Crippen molar-refractivity contribution in [2.45, 2.75) is 25.8 Å². The first kappa shape index (κ1) is 16.0. The number of hydrogen-bond acceptors (Lipinski definition) is 3. The number of carboxylic acid groups (broad SMARTS) is 1. The lowest BCUT2D eigenvalue weighted by Gasteiger charge is -2.15. The number of carboxylic acids is 1. The van der Waals surface area contributed by atoms with Crippen molar-refractivity contribution in [1.29, 1.82) is 0 Å². The van der Waals surface area contributed by atoms with Gasteiger partial charge in [0.05, 0.1) is 6.42 Å². The van der Waals surface area contributed by atoms with E-state index in [9.17, 15) is 9.59 Å². The number of thiophene rings is 1. The number of urea groups is 1. The number of rotatable bonds is 6. The first-order chi connectivity index (χ1) is 10.6. The van der Waals surface area contributed by atoms with E-state index < -0.39 is 12.0 Å². The molecule has 0 bridgehead atoms. The maximum absolute atomic E-state index is 11.9. The van der Waals surface area contributed by atoms with Crippen LogP contribution in [-0.4, -0.2) is 23.1 Å². The number of nitrogens with one attached hydrogen (secondary N) is 2. The van der Waals surface area contributed by atoms with Crippen molar-refractivity contribution in [2.75, 3.05) is 5.32 Å². The van der Waals surface area contributed by atoms with E-state index in [-0.39, 0.29) is 12.5 Å². The van der Waals surface area contributed by atoms with Crippen LogP contribution in [0.5, 0.6) is 0 Å². The van der Waals surface area contributed by atoms with Gasteiger partial charge in [-0.2, -0.15) is 0 Å². The van der Waals surface area contributed by atoms with Crippen LogP contribution in [0.25, 0.3) is 10.4 Å². The smallest absolute Gasteiger partial charge is 0.319 e. The maximum atomic E-state index is 11.9. The quantitative estimate of drug-likeness (QED) is 0.758. The molecule has 1 aromatic heterocycles. The number of anilines is 1. The third kappa shape index (κ3) is 4.60. The molecule has 1 atom stereocenters. The van der Waals surface area contributed by atoms with E-state index in [1.807, 2.05) is 48.7 Å². The predicted molar refractivity (Wildman–Crippen MR) is 88.2 cm³/mol. The highest BCUT2D eigenvalue weighted by atomic mass is 32.1. The molecule has 0 saturated carbocycles. The monoisotopic (exact) mass is 318 g/mol. The highest BCUT2D eigenvalue weighted by molar-refractivity contribution is 7.13. The molecule has 0 aliphatic rings. The van der Waals surface area contributed by atoms with E-state index in [4.69, 9.17) is 5.11 Å². The highest BCUT2D eigenvalue weighted by Gasteiger charge is 2.13. The first-order valence-corrected chi connectivity index (χ1v) is 7.89. The average Bonchev–Trinajstić information content (AvgIpc) is 3.01. The summed E-state index contributed by atoms with van der Waals surface area (Å²) in [5.41, 5.74) is 1.77. The fourth-order valence-corrected chi connectivity index (χ4v) is 2.75. The Hall–Kier alpha value is -2.34. The summed E-state index contributed by atoms with van der Waals surface area (Å²) in [4.78, 5) is 23.7. The fourth-order valence-electron chi connectivity index (χ4n) is 2.02. The Balaban J connectivity index is 1.92. The van der Waals surface area contributed by atoms with Gasteiger partial charge in [0.15, 0.2) is 0 Å². The van der Waals surface area contributed by atoms with Crippen LogP contribution < -0.4 is 10.6 Å². The Morgan fingerprint density at radius 3 is 2.50 bits per heavy atom. The minimum atomic E-state index is -0.924. The molecule has 0 aliphatic heterocycles. The van der Waals surface area contributed by atoms with Crippen LogP contribution in [0.2, 0.25) is 0 Å². The Bertz CT molecular complexity index is 623. The molecule has 0 aliphatic carbocycles. The summed E-state index contributed by atoms with van der Waals surface area (Å²) in [6.07, 6.45) is 0.484. The highest BCUT2D eigenvalue weighted by Crippen LogP contribution is 2.25. The maximum Gasteiger partial charge on any atom is 0.319 e. The van der Waals surface area contributed by atoms with Crippen molar-refractivity contribution in [3.05, 3.63) is 41.8 Å². The topological polar surface area (TPSA) is 78.4 Å². The summed E-state index contributed by atoms with van der Waals surface area (Å²) in [6.45, 7) is 1.84. The lowest BCUT2D eigenvalue weighted by molar-refractivity contribution is -0.137. The number of hydrogen-bond donors (Lipinski definition) is 3. The third-order valence-electron chi connectivity index (χ3n) is 3.20. The number of aliphatic carboxylic acids is 1. The zero-order valence-electron chi connectivity index (χ0n) is 12.2. The van der Waals surface area contributed by atoms with Crippen LogP contribution >= 0.6 is 11.3 Å². The van der Waals surface area contributed by atoms with Gasteiger partial charge in [-0.05, 0) is 35.6 Å². The largest absolute Gasteiger partial charge is 0.481 e. The lowest BCUT2D eigenvalue weighted by Crippen LogP contribution is -2.38. The van der Waals surface area contributed by atoms with Crippen LogP contribution in [-0.2, 0) is 4.79 Å². The third-order valence-corrected chi connectivity index (χ3v) is 4.12. The van der Waals surface area contributed by atoms with Gasteiger partial charge in [-0.1, -0.05) is 25.1 Å². The van der Waals surface area contributed by atoms with E-state index in [0.717, 1.165) is 5.56 Å². The molecule has 0 unspecified atom stereocenters. The summed E-state index contributed by atoms with van der Waals surface area (Å²) >= 11 is 1.66. The van der Waals surface area contributed by atoms with Gasteiger partial charge in [-0.3, -0.25) is 4.79 Å². The molecule has 2 amide bonds. The van der Waals surface area contributed by atoms with Crippen LogP contribution in [0.1, 0.15) is 19.8 Å². The van der Waals surface area contributed by atoms with Crippen molar-refractivity contribution in [3.63, 3.8) is 0 Å². The standard InChI is InChI=1S/C16H18N2O3S/c1-2-12(10-15(19)20)17-16(21)18-13-7-5-11(6-8-13)14-4-3-9-22-14/h3-9,12H,2,10H2,1H3,(H,19,20)(H2,17,18,21)/t12-/m0/s1. The second kappa shape index (κ2) is 7.61. The summed E-state index contributed by atoms with van der Waals surface area (Å²) in [6, 6.07) is 10.8. The zero-order chi connectivity index (χ0) is 15.9. The minimum absolute atomic E-state index is 0.0821. The Labute approximate surface area is 133 Å². The van der Waals surface area contributed by atoms with Crippen molar-refractivity contribution in [2.24, 2.45) is 0 Å². The lowest BCUT2D eigenvalue weighted by atomic mass is 10.1. The summed E-state index contributed by atoms with van der Waals surface area (Å²) in [7, 11) is 0. The summed E-state index contributed by atoms with van der Waals surface area (Å²) < 4.78 is 0. The molecule has 0 radical (unpaired) electrons. The molecule has 6 heteroatoms. The Morgan fingerprint density at radius 2 is 1.95 bits per heavy atom. The van der Waals surface area contributed by atoms with E-state index >= 15 is 0 Å². The van der Waals surface area contributed by atoms with Gasteiger partial charge < -0.3 is 15.7 Å². The van der Waals surface area contributed by atoms with Crippen molar-refractivity contribution in [3.8, 4) is 10.4 Å². The summed E-state index contributed by atoms with van der Waals surface area (Å²) in [5, 5.41) is 16.2. The molecular formula is C16H18N2O3S. The van der Waals surface area contributed by atoms with Crippen LogP contribution in [0.4, 0.5) is 10.5 Å². The second-order valence-electron chi connectivity index (χ2n) is 4.86. The van der Waals surface area contributed by atoms with E-state index in [1.165, 1.54) is 4.88 Å². The van der Waals surface area contributed by atoms with Gasteiger partial charge in [0, 0.05) is 16.6 Å². The van der Waals surface area contributed by atoms with Crippen molar-refractivity contribution >= 4 is 29.0 Å². The van der Waals surface area contributed by atoms with Gasteiger partial charge >= 0.3 is 12.0 Å². The van der Waals surface area contributed by atoms with Gasteiger partial charge in [-0.25, -0.2) is 4.79 Å². The molecule has 22 heavy (non-hydrogen) atoms. The molecule has 2 rings (SSSR count). The average molecular weight is 318 g/mol. The molecule has 0 spiro atoms. The number of amides is 2. The molecule has 0 fully saturated rings. The molecule has 116 valence electrons. The van der Waals surface area contributed by atoms with E-state index in [0.29, 0.717) is 12.1 Å². The Morgan fingerprint density at radius 1 is 1.23 bits per heavy atom. The number of carbonyl (C=O) groups is 2. The minimum Gasteiger partial charge on any atom is -0.481 e. The van der Waals surface area contributed by atoms with E-state index in [2.05, 4.69) is 10.6 Å². The van der Waals surface area contributed by atoms with Gasteiger partial charge in [0.2, 0.25) is 0 Å². The van der Waals surface area contributed by atoms with Crippen LogP contribution in [0.15, 0.2) is 41.8 Å². The fraction of sp³-hybridized carbons (Fsp3) is 0.250. The SMILES string of the molecule is CC[C@@H](CC(=O)O)NC(=O)Nc1ccc(-c2cccs2)cc1. The molecule has 5 nitrogen and oxygen atoms in total. The molecular weight excluding hydrogens is 300 g/mol. The second-order valence-corrected chi connectivity index (χ2v) is 5.80. The number of benzene rings is 1. The predicted octanol–water partition coefficient (Wildman–Crippen LogP) is 3.79. The zero-order valence-corrected chi connectivity index (χ0v) is 13.0. The molecule has 2 aromatic rings. The Kier molecular flexibility index (Phi) is 5.55. The molecule has 3 N–H and O–H groups in total.